The Hall–Kier alpha value is -1.29. The topological polar surface area (TPSA) is 43.4 Å². The molecule has 0 saturated carbocycles. The maximum Gasteiger partial charge on any atom is 0.305 e. The number of carbonyl (C=O) groups excluding carboxylic acids is 2. The first kappa shape index (κ1) is 13.8. The summed E-state index contributed by atoms with van der Waals surface area (Å²) in [5, 5.41) is 0. The maximum absolute atomic E-state index is 11.8. The normalized spacial score (nSPS) is 10.0. The van der Waals surface area contributed by atoms with Gasteiger partial charge in [0.15, 0.2) is 5.78 Å². The molecule has 0 bridgehead atoms. The number of hydrogen-bond acceptors (Lipinski definition) is 4. The molecule has 0 saturated heterocycles. The molecule has 92 valence electrons. The fraction of sp³-hybridized carbons (Fsp3) is 0.385. The number of Topliss-reactive ketones (excluding diaryl/α,β-unsaturated/α-hetero) is 1. The lowest BCUT2D eigenvalue weighted by molar-refractivity contribution is -0.140. The zero-order valence-electron chi connectivity index (χ0n) is 10.1. The van der Waals surface area contributed by atoms with E-state index in [1.165, 1.54) is 7.11 Å². The largest absolute Gasteiger partial charge is 0.469 e. The van der Waals surface area contributed by atoms with E-state index in [-0.39, 0.29) is 11.8 Å². The first-order valence-corrected chi connectivity index (χ1v) is 6.64. The van der Waals surface area contributed by atoms with Crippen molar-refractivity contribution in [2.24, 2.45) is 0 Å². The van der Waals surface area contributed by atoms with Crippen molar-refractivity contribution in [2.45, 2.75) is 24.2 Å². The lowest BCUT2D eigenvalue weighted by atomic mass is 10.1. The molecule has 1 aromatic carbocycles. The van der Waals surface area contributed by atoms with Crippen LogP contribution < -0.4 is 0 Å². The Morgan fingerprint density at radius 2 is 1.82 bits per heavy atom. The van der Waals surface area contributed by atoms with Gasteiger partial charge in [0, 0.05) is 23.3 Å². The molecule has 0 aromatic heterocycles. The number of esters is 1. The van der Waals surface area contributed by atoms with E-state index in [9.17, 15) is 9.59 Å². The molecule has 0 fully saturated rings. The Bertz CT molecular complexity index is 384. The summed E-state index contributed by atoms with van der Waals surface area (Å²) in [6.07, 6.45) is 3.21. The van der Waals surface area contributed by atoms with Crippen molar-refractivity contribution in [3.8, 4) is 0 Å². The third kappa shape index (κ3) is 4.61. The number of hydrogen-bond donors (Lipinski definition) is 0. The first-order chi connectivity index (χ1) is 8.17. The van der Waals surface area contributed by atoms with Crippen molar-refractivity contribution < 1.29 is 14.3 Å². The second kappa shape index (κ2) is 7.12. The van der Waals surface area contributed by atoms with E-state index in [0.717, 1.165) is 4.90 Å². The van der Waals surface area contributed by atoms with Crippen molar-refractivity contribution >= 4 is 23.5 Å². The van der Waals surface area contributed by atoms with Crippen LogP contribution in [0.25, 0.3) is 0 Å². The number of benzene rings is 1. The van der Waals surface area contributed by atoms with Gasteiger partial charge < -0.3 is 4.74 Å². The van der Waals surface area contributed by atoms with Crippen molar-refractivity contribution in [1.82, 2.24) is 0 Å². The van der Waals surface area contributed by atoms with Crippen LogP contribution in [0.5, 0.6) is 0 Å². The highest BCUT2D eigenvalue weighted by Crippen LogP contribution is 2.16. The average Bonchev–Trinajstić information content (AvgIpc) is 2.38. The quantitative estimate of drug-likeness (QED) is 0.443. The van der Waals surface area contributed by atoms with E-state index in [2.05, 4.69) is 4.74 Å². The number of thioether (sulfide) groups is 1. The molecular weight excluding hydrogens is 236 g/mol. The van der Waals surface area contributed by atoms with Gasteiger partial charge in [0.1, 0.15) is 0 Å². The molecule has 3 nitrogen and oxygen atoms in total. The van der Waals surface area contributed by atoms with E-state index in [1.807, 2.05) is 30.5 Å². The third-order valence-electron chi connectivity index (χ3n) is 2.42. The minimum Gasteiger partial charge on any atom is -0.469 e. The van der Waals surface area contributed by atoms with Crippen LogP contribution in [0.3, 0.4) is 0 Å². The van der Waals surface area contributed by atoms with Crippen LogP contribution >= 0.6 is 11.8 Å². The van der Waals surface area contributed by atoms with Crippen LogP contribution in [0.2, 0.25) is 0 Å². The van der Waals surface area contributed by atoms with E-state index >= 15 is 0 Å². The van der Waals surface area contributed by atoms with Crippen LogP contribution in [0, 0.1) is 0 Å². The van der Waals surface area contributed by atoms with Crippen LogP contribution in [-0.2, 0) is 9.53 Å². The summed E-state index contributed by atoms with van der Waals surface area (Å²) in [5.74, 6) is -0.197. The molecule has 0 aliphatic carbocycles. The van der Waals surface area contributed by atoms with Gasteiger partial charge in [-0.25, -0.2) is 0 Å². The zero-order valence-corrected chi connectivity index (χ0v) is 10.9. The van der Waals surface area contributed by atoms with Crippen LogP contribution in [0.15, 0.2) is 29.2 Å². The second-order valence-electron chi connectivity index (χ2n) is 3.58. The standard InChI is InChI=1S/C13H16O3S/c1-16-13(15)5-3-4-12(14)10-6-8-11(17-2)9-7-10/h6-9H,3-5H2,1-2H3. The summed E-state index contributed by atoms with van der Waals surface area (Å²) in [6.45, 7) is 0. The van der Waals surface area contributed by atoms with Crippen molar-refractivity contribution in [2.75, 3.05) is 13.4 Å². The molecule has 0 amide bonds. The van der Waals surface area contributed by atoms with E-state index in [0.29, 0.717) is 24.8 Å². The highest BCUT2D eigenvalue weighted by Gasteiger charge is 2.07. The summed E-state index contributed by atoms with van der Waals surface area (Å²) >= 11 is 1.64. The van der Waals surface area contributed by atoms with Gasteiger partial charge in [0.25, 0.3) is 0 Å². The summed E-state index contributed by atoms with van der Waals surface area (Å²) in [6, 6.07) is 7.51. The fourth-order valence-corrected chi connectivity index (χ4v) is 1.82. The molecule has 17 heavy (non-hydrogen) atoms. The number of carbonyl (C=O) groups is 2. The van der Waals surface area contributed by atoms with Gasteiger partial charge in [-0.2, -0.15) is 0 Å². The van der Waals surface area contributed by atoms with E-state index in [1.54, 1.807) is 11.8 Å². The molecule has 0 N–H and O–H groups in total. The van der Waals surface area contributed by atoms with Gasteiger partial charge in [-0.05, 0) is 24.8 Å². The predicted octanol–water partition coefficient (Wildman–Crippen LogP) is 2.93. The summed E-state index contributed by atoms with van der Waals surface area (Å²) in [5.41, 5.74) is 0.702. The van der Waals surface area contributed by atoms with Crippen LogP contribution in [-0.4, -0.2) is 25.1 Å². The molecule has 0 aliphatic heterocycles. The zero-order chi connectivity index (χ0) is 12.7. The summed E-state index contributed by atoms with van der Waals surface area (Å²) in [4.78, 5) is 23.8. The number of ether oxygens (including phenoxy) is 1. The van der Waals surface area contributed by atoms with Gasteiger partial charge >= 0.3 is 5.97 Å². The average molecular weight is 252 g/mol. The molecule has 0 spiro atoms. The van der Waals surface area contributed by atoms with Crippen molar-refractivity contribution in [1.29, 1.82) is 0 Å². The Morgan fingerprint density at radius 3 is 2.35 bits per heavy atom. The molecule has 0 atom stereocenters. The first-order valence-electron chi connectivity index (χ1n) is 5.41. The number of methoxy groups -OCH3 is 1. The van der Waals surface area contributed by atoms with Crippen molar-refractivity contribution in [3.05, 3.63) is 29.8 Å². The SMILES string of the molecule is COC(=O)CCCC(=O)c1ccc(SC)cc1. The molecule has 1 rings (SSSR count). The highest BCUT2D eigenvalue weighted by molar-refractivity contribution is 7.98. The Kier molecular flexibility index (Phi) is 5.77. The van der Waals surface area contributed by atoms with E-state index in [4.69, 9.17) is 0 Å². The molecule has 0 heterocycles. The summed E-state index contributed by atoms with van der Waals surface area (Å²) < 4.78 is 4.52. The van der Waals surface area contributed by atoms with Gasteiger partial charge in [-0.3, -0.25) is 9.59 Å². The lowest BCUT2D eigenvalue weighted by Gasteiger charge is -2.02. The summed E-state index contributed by atoms with van der Waals surface area (Å²) in [7, 11) is 1.35. The molecule has 0 aliphatic rings. The van der Waals surface area contributed by atoms with Crippen LogP contribution in [0.1, 0.15) is 29.6 Å². The second-order valence-corrected chi connectivity index (χ2v) is 4.46. The van der Waals surface area contributed by atoms with Gasteiger partial charge in [-0.15, -0.1) is 11.8 Å². The molecule has 0 radical (unpaired) electrons. The minimum absolute atomic E-state index is 0.0709. The molecule has 0 unspecified atom stereocenters. The minimum atomic E-state index is -0.268. The third-order valence-corrected chi connectivity index (χ3v) is 3.17. The monoisotopic (exact) mass is 252 g/mol. The smallest absolute Gasteiger partial charge is 0.305 e. The van der Waals surface area contributed by atoms with Gasteiger partial charge in [-0.1, -0.05) is 12.1 Å². The van der Waals surface area contributed by atoms with Crippen molar-refractivity contribution in [3.63, 3.8) is 0 Å². The molecule has 1 aromatic rings. The fourth-order valence-electron chi connectivity index (χ4n) is 1.42. The van der Waals surface area contributed by atoms with Gasteiger partial charge in [0.2, 0.25) is 0 Å². The Balaban J connectivity index is 2.44. The maximum atomic E-state index is 11.8. The molecular formula is C13H16O3S. The van der Waals surface area contributed by atoms with Crippen LogP contribution in [0.4, 0.5) is 0 Å². The molecule has 4 heteroatoms. The lowest BCUT2D eigenvalue weighted by Crippen LogP contribution is -2.03. The predicted molar refractivity (Wildman–Crippen MR) is 68.4 cm³/mol. The Morgan fingerprint density at radius 1 is 1.18 bits per heavy atom. The number of rotatable bonds is 6. The Labute approximate surface area is 106 Å². The number of ketones is 1. The van der Waals surface area contributed by atoms with E-state index < -0.39 is 0 Å². The van der Waals surface area contributed by atoms with Gasteiger partial charge in [0.05, 0.1) is 7.11 Å². The highest BCUT2D eigenvalue weighted by atomic mass is 32.2.